The van der Waals surface area contributed by atoms with Crippen LogP contribution in [0.2, 0.25) is 0 Å². The largest absolute Gasteiger partial charge is 0.491 e. The van der Waals surface area contributed by atoms with Crippen LogP contribution in [-0.4, -0.2) is 15.7 Å². The maximum Gasteiger partial charge on any atom is 0.123 e. The lowest BCUT2D eigenvalue weighted by Crippen LogP contribution is -2.05. The Morgan fingerprint density at radius 3 is 3.00 bits per heavy atom. The summed E-state index contributed by atoms with van der Waals surface area (Å²) in [4.78, 5) is 0. The molecule has 0 unspecified atom stereocenters. The second-order valence-corrected chi connectivity index (χ2v) is 4.21. The molecule has 0 spiro atoms. The molecule has 2 rings (SSSR count). The Kier molecular flexibility index (Phi) is 2.46. The van der Waals surface area contributed by atoms with Gasteiger partial charge < -0.3 is 4.74 Å². The van der Waals surface area contributed by atoms with Gasteiger partial charge in [-0.15, -0.1) is 0 Å². The maximum absolute atomic E-state index is 5.58. The molecule has 0 fully saturated rings. The van der Waals surface area contributed by atoms with E-state index in [1.807, 2.05) is 32.2 Å². The zero-order chi connectivity index (χ0) is 10.1. The van der Waals surface area contributed by atoms with Crippen LogP contribution in [0.5, 0.6) is 5.75 Å². The van der Waals surface area contributed by atoms with E-state index >= 15 is 0 Å². The molecular weight excluding hydrogens is 244 g/mol. The first-order chi connectivity index (χ1) is 6.66. The molecule has 0 saturated heterocycles. The summed E-state index contributed by atoms with van der Waals surface area (Å²) in [5.41, 5.74) is 1.02. The Bertz CT molecular complexity index is 450. The van der Waals surface area contributed by atoms with E-state index in [2.05, 4.69) is 21.0 Å². The minimum Gasteiger partial charge on any atom is -0.491 e. The second-order valence-electron chi connectivity index (χ2n) is 3.35. The van der Waals surface area contributed by atoms with Crippen molar-refractivity contribution in [1.29, 1.82) is 0 Å². The molecule has 0 atom stereocenters. The van der Waals surface area contributed by atoms with E-state index in [-0.39, 0.29) is 6.10 Å². The summed E-state index contributed by atoms with van der Waals surface area (Å²) in [6, 6.07) is 3.88. The van der Waals surface area contributed by atoms with Crippen LogP contribution in [0.1, 0.15) is 13.8 Å². The number of rotatable bonds is 2. The zero-order valence-electron chi connectivity index (χ0n) is 8.07. The van der Waals surface area contributed by atoms with Crippen molar-refractivity contribution in [2.24, 2.45) is 0 Å². The molecule has 0 aliphatic heterocycles. The lowest BCUT2D eigenvalue weighted by atomic mass is 10.3. The average molecular weight is 255 g/mol. The van der Waals surface area contributed by atoms with Crippen LogP contribution in [-0.2, 0) is 0 Å². The van der Waals surface area contributed by atoms with Gasteiger partial charge >= 0.3 is 0 Å². The van der Waals surface area contributed by atoms with E-state index in [1.165, 1.54) is 0 Å². The van der Waals surface area contributed by atoms with Gasteiger partial charge in [0.25, 0.3) is 0 Å². The van der Waals surface area contributed by atoms with Gasteiger partial charge in [-0.2, -0.15) is 5.10 Å². The second kappa shape index (κ2) is 3.61. The Balaban J connectivity index is 2.44. The highest BCUT2D eigenvalue weighted by atomic mass is 79.9. The van der Waals surface area contributed by atoms with Crippen molar-refractivity contribution in [2.75, 3.05) is 0 Å². The van der Waals surface area contributed by atoms with Crippen LogP contribution in [0.3, 0.4) is 0 Å². The zero-order valence-corrected chi connectivity index (χ0v) is 9.65. The van der Waals surface area contributed by atoms with Crippen LogP contribution in [0.25, 0.3) is 5.52 Å². The number of aromatic nitrogens is 2. The molecule has 3 nitrogen and oxygen atoms in total. The van der Waals surface area contributed by atoms with Crippen LogP contribution >= 0.6 is 15.9 Å². The van der Waals surface area contributed by atoms with E-state index in [4.69, 9.17) is 4.74 Å². The molecule has 0 N–H and O–H groups in total. The lowest BCUT2D eigenvalue weighted by molar-refractivity contribution is 0.242. The van der Waals surface area contributed by atoms with Gasteiger partial charge in [-0.1, -0.05) is 0 Å². The fraction of sp³-hybridized carbons (Fsp3) is 0.300. The molecule has 2 aromatic heterocycles. The van der Waals surface area contributed by atoms with Crippen molar-refractivity contribution in [2.45, 2.75) is 20.0 Å². The number of ether oxygens (including phenoxy) is 1. The predicted molar refractivity (Wildman–Crippen MR) is 58.7 cm³/mol. The molecule has 0 amide bonds. The molecule has 0 saturated carbocycles. The maximum atomic E-state index is 5.58. The third kappa shape index (κ3) is 1.75. The molecule has 74 valence electrons. The first-order valence-corrected chi connectivity index (χ1v) is 5.25. The van der Waals surface area contributed by atoms with Crippen molar-refractivity contribution >= 4 is 21.4 Å². The molecule has 4 heteroatoms. The normalized spacial score (nSPS) is 11.1. The molecule has 0 radical (unpaired) electrons. The van der Waals surface area contributed by atoms with Crippen molar-refractivity contribution in [3.63, 3.8) is 0 Å². The third-order valence-electron chi connectivity index (χ3n) is 1.82. The summed E-state index contributed by atoms with van der Waals surface area (Å²) in [6.45, 7) is 4.02. The monoisotopic (exact) mass is 254 g/mol. The van der Waals surface area contributed by atoms with Gasteiger partial charge in [0.05, 0.1) is 22.3 Å². The predicted octanol–water partition coefficient (Wildman–Crippen LogP) is 2.88. The molecule has 2 heterocycles. The van der Waals surface area contributed by atoms with Gasteiger partial charge in [-0.05, 0) is 35.8 Å². The smallest absolute Gasteiger partial charge is 0.123 e. The molecular formula is C10H11BrN2O. The summed E-state index contributed by atoms with van der Waals surface area (Å²) in [6.07, 6.45) is 3.85. The highest BCUT2D eigenvalue weighted by molar-refractivity contribution is 9.10. The average Bonchev–Trinajstić information content (AvgIpc) is 2.47. The quantitative estimate of drug-likeness (QED) is 0.824. The molecule has 2 aromatic rings. The minimum absolute atomic E-state index is 0.194. The van der Waals surface area contributed by atoms with Crippen LogP contribution in [0, 0.1) is 0 Å². The number of halogens is 1. The summed E-state index contributed by atoms with van der Waals surface area (Å²) < 4.78 is 8.37. The molecule has 0 aliphatic rings. The van der Waals surface area contributed by atoms with E-state index in [1.54, 1.807) is 10.7 Å². The van der Waals surface area contributed by atoms with Gasteiger partial charge in [0.2, 0.25) is 0 Å². The van der Waals surface area contributed by atoms with Gasteiger partial charge in [-0.25, -0.2) is 4.52 Å². The SMILES string of the molecule is CC(C)Oc1ccn2ncc(Br)c2c1. The number of nitrogens with zero attached hydrogens (tertiary/aromatic N) is 2. The number of hydrogen-bond acceptors (Lipinski definition) is 2. The van der Waals surface area contributed by atoms with E-state index in [0.717, 1.165) is 15.7 Å². The van der Waals surface area contributed by atoms with Crippen molar-refractivity contribution in [3.05, 3.63) is 29.0 Å². The van der Waals surface area contributed by atoms with E-state index in [9.17, 15) is 0 Å². The topological polar surface area (TPSA) is 26.5 Å². The Morgan fingerprint density at radius 2 is 2.29 bits per heavy atom. The van der Waals surface area contributed by atoms with Crippen LogP contribution in [0.15, 0.2) is 29.0 Å². The lowest BCUT2D eigenvalue weighted by Gasteiger charge is -2.09. The van der Waals surface area contributed by atoms with Crippen molar-refractivity contribution in [3.8, 4) is 5.75 Å². The fourth-order valence-corrected chi connectivity index (χ4v) is 1.66. The molecule has 0 aliphatic carbocycles. The molecule has 0 bridgehead atoms. The van der Waals surface area contributed by atoms with Gasteiger partial charge in [0.1, 0.15) is 5.75 Å². The third-order valence-corrected chi connectivity index (χ3v) is 2.43. The standard InChI is InChI=1S/C10H11BrN2O/c1-7(2)14-8-3-4-13-10(5-8)9(11)6-12-13/h3-7H,1-2H3. The van der Waals surface area contributed by atoms with Crippen molar-refractivity contribution < 1.29 is 4.74 Å². The highest BCUT2D eigenvalue weighted by Crippen LogP contribution is 2.22. The first-order valence-electron chi connectivity index (χ1n) is 4.46. The Labute approximate surface area is 90.8 Å². The van der Waals surface area contributed by atoms with E-state index in [0.29, 0.717) is 0 Å². The fourth-order valence-electron chi connectivity index (χ4n) is 1.28. The minimum atomic E-state index is 0.194. The summed E-state index contributed by atoms with van der Waals surface area (Å²) in [7, 11) is 0. The summed E-state index contributed by atoms with van der Waals surface area (Å²) in [5.74, 6) is 0.869. The summed E-state index contributed by atoms with van der Waals surface area (Å²) in [5, 5.41) is 4.15. The number of pyridine rings is 1. The van der Waals surface area contributed by atoms with Gasteiger partial charge in [0, 0.05) is 12.3 Å². The van der Waals surface area contributed by atoms with Crippen molar-refractivity contribution in [1.82, 2.24) is 9.61 Å². The number of hydrogen-bond donors (Lipinski definition) is 0. The summed E-state index contributed by atoms with van der Waals surface area (Å²) >= 11 is 3.43. The first kappa shape index (κ1) is 9.52. The van der Waals surface area contributed by atoms with Gasteiger partial charge in [-0.3, -0.25) is 0 Å². The highest BCUT2D eigenvalue weighted by Gasteiger charge is 2.03. The Morgan fingerprint density at radius 1 is 1.50 bits per heavy atom. The number of fused-ring (bicyclic) bond motifs is 1. The molecule has 0 aromatic carbocycles. The van der Waals surface area contributed by atoms with E-state index < -0.39 is 0 Å². The van der Waals surface area contributed by atoms with Crippen LogP contribution in [0.4, 0.5) is 0 Å². The van der Waals surface area contributed by atoms with Gasteiger partial charge in [0.15, 0.2) is 0 Å². The van der Waals surface area contributed by atoms with Crippen LogP contribution < -0.4 is 4.74 Å². The molecule has 14 heavy (non-hydrogen) atoms. The Hall–Kier alpha value is -1.03.